The number of carbonyl (C=O) groups is 1. The number of carbonyl (C=O) groups excluding carboxylic acids is 1. The SMILES string of the molecule is C/C(Br)=C(\C=C\C(=O)c1ccc(F)c(Cl)c1)c1ccccc1. The van der Waals surface area contributed by atoms with E-state index in [0.29, 0.717) is 5.56 Å². The Bertz CT molecular complexity index is 747. The topological polar surface area (TPSA) is 17.1 Å². The van der Waals surface area contributed by atoms with E-state index in [1.54, 1.807) is 6.08 Å². The van der Waals surface area contributed by atoms with E-state index in [-0.39, 0.29) is 10.8 Å². The summed E-state index contributed by atoms with van der Waals surface area (Å²) in [5.74, 6) is -0.771. The predicted octanol–water partition coefficient (Wildman–Crippen LogP) is 6.04. The Morgan fingerprint density at radius 3 is 2.36 bits per heavy atom. The molecule has 0 atom stereocenters. The molecule has 0 aromatic heterocycles. The van der Waals surface area contributed by atoms with Crippen LogP contribution in [0.15, 0.2) is 65.2 Å². The van der Waals surface area contributed by atoms with Gasteiger partial charge in [-0.25, -0.2) is 4.39 Å². The fourth-order valence-electron chi connectivity index (χ4n) is 1.93. The zero-order chi connectivity index (χ0) is 16.1. The van der Waals surface area contributed by atoms with E-state index in [2.05, 4.69) is 15.9 Å². The number of rotatable bonds is 4. The van der Waals surface area contributed by atoms with Gasteiger partial charge in [0.2, 0.25) is 0 Å². The van der Waals surface area contributed by atoms with Gasteiger partial charge in [-0.1, -0.05) is 57.9 Å². The highest BCUT2D eigenvalue weighted by atomic mass is 79.9. The lowest BCUT2D eigenvalue weighted by atomic mass is 10.0. The fourth-order valence-corrected chi connectivity index (χ4v) is 2.47. The molecule has 4 heteroatoms. The van der Waals surface area contributed by atoms with E-state index in [9.17, 15) is 9.18 Å². The molecule has 0 bridgehead atoms. The lowest BCUT2D eigenvalue weighted by Crippen LogP contribution is -1.95. The molecule has 112 valence electrons. The van der Waals surface area contributed by atoms with E-state index < -0.39 is 5.82 Å². The molecule has 0 fully saturated rings. The van der Waals surface area contributed by atoms with Crippen LogP contribution in [0.5, 0.6) is 0 Å². The molecular formula is C18H13BrClFO. The van der Waals surface area contributed by atoms with Crippen molar-refractivity contribution < 1.29 is 9.18 Å². The van der Waals surface area contributed by atoms with Crippen LogP contribution in [0.25, 0.3) is 5.57 Å². The molecule has 2 rings (SSSR count). The summed E-state index contributed by atoms with van der Waals surface area (Å²) in [6.07, 6.45) is 3.19. The summed E-state index contributed by atoms with van der Waals surface area (Å²) in [5.41, 5.74) is 2.25. The largest absolute Gasteiger partial charge is 0.289 e. The van der Waals surface area contributed by atoms with Crippen molar-refractivity contribution in [1.29, 1.82) is 0 Å². The number of allylic oxidation sites excluding steroid dienone is 4. The molecule has 0 amide bonds. The number of benzene rings is 2. The van der Waals surface area contributed by atoms with Crippen molar-refractivity contribution in [3.63, 3.8) is 0 Å². The van der Waals surface area contributed by atoms with E-state index in [1.807, 2.05) is 37.3 Å². The highest BCUT2D eigenvalue weighted by molar-refractivity contribution is 9.11. The van der Waals surface area contributed by atoms with Gasteiger partial charge in [-0.2, -0.15) is 0 Å². The zero-order valence-electron chi connectivity index (χ0n) is 11.8. The molecule has 2 aromatic rings. The average molecular weight is 380 g/mol. The second kappa shape index (κ2) is 7.52. The van der Waals surface area contributed by atoms with Crippen LogP contribution >= 0.6 is 27.5 Å². The molecule has 0 spiro atoms. The molecule has 0 radical (unpaired) electrons. The quantitative estimate of drug-likeness (QED) is 0.359. The third-order valence-corrected chi connectivity index (χ3v) is 3.78. The zero-order valence-corrected chi connectivity index (χ0v) is 14.2. The van der Waals surface area contributed by atoms with E-state index in [4.69, 9.17) is 11.6 Å². The maximum Gasteiger partial charge on any atom is 0.185 e. The Balaban J connectivity index is 2.27. The maximum atomic E-state index is 13.1. The number of halogens is 3. The molecule has 0 aliphatic heterocycles. The molecule has 0 saturated carbocycles. The molecular weight excluding hydrogens is 367 g/mol. The third kappa shape index (κ3) is 4.15. The van der Waals surface area contributed by atoms with Gasteiger partial charge in [0.05, 0.1) is 5.02 Å². The minimum absolute atomic E-state index is 0.0604. The summed E-state index contributed by atoms with van der Waals surface area (Å²) in [6, 6.07) is 13.7. The van der Waals surface area contributed by atoms with Gasteiger partial charge in [0.1, 0.15) is 5.82 Å². The molecule has 22 heavy (non-hydrogen) atoms. The van der Waals surface area contributed by atoms with E-state index in [1.165, 1.54) is 24.3 Å². The summed E-state index contributed by atoms with van der Waals surface area (Å²) in [7, 11) is 0. The molecule has 0 unspecified atom stereocenters. The summed E-state index contributed by atoms with van der Waals surface area (Å²) < 4.78 is 14.0. The Morgan fingerprint density at radius 2 is 1.77 bits per heavy atom. The number of hydrogen-bond donors (Lipinski definition) is 0. The Morgan fingerprint density at radius 1 is 1.09 bits per heavy atom. The number of ketones is 1. The van der Waals surface area contributed by atoms with Gasteiger partial charge in [0, 0.05) is 5.56 Å². The van der Waals surface area contributed by atoms with Gasteiger partial charge in [0.25, 0.3) is 0 Å². The van der Waals surface area contributed by atoms with Crippen LogP contribution in [0, 0.1) is 5.82 Å². The van der Waals surface area contributed by atoms with E-state index in [0.717, 1.165) is 15.6 Å². The van der Waals surface area contributed by atoms with Crippen LogP contribution in [0.4, 0.5) is 4.39 Å². The van der Waals surface area contributed by atoms with Crippen molar-refractivity contribution >= 4 is 38.9 Å². The normalized spacial score (nSPS) is 12.4. The first-order valence-electron chi connectivity index (χ1n) is 6.58. The van der Waals surface area contributed by atoms with Gasteiger partial charge in [-0.05, 0) is 52.9 Å². The summed E-state index contributed by atoms with van der Waals surface area (Å²) in [6.45, 7) is 1.91. The first kappa shape index (κ1) is 16.7. The average Bonchev–Trinajstić information content (AvgIpc) is 2.50. The minimum Gasteiger partial charge on any atom is -0.289 e. The Kier molecular flexibility index (Phi) is 5.69. The van der Waals surface area contributed by atoms with Gasteiger partial charge >= 0.3 is 0 Å². The van der Waals surface area contributed by atoms with Gasteiger partial charge in [0.15, 0.2) is 5.78 Å². The molecule has 0 aliphatic rings. The molecule has 0 saturated heterocycles. The maximum absolute atomic E-state index is 13.1. The smallest absolute Gasteiger partial charge is 0.185 e. The summed E-state index contributed by atoms with van der Waals surface area (Å²) in [4.78, 5) is 12.2. The molecule has 0 N–H and O–H groups in total. The minimum atomic E-state index is -0.539. The molecule has 0 aliphatic carbocycles. The summed E-state index contributed by atoms with van der Waals surface area (Å²) >= 11 is 9.15. The van der Waals surface area contributed by atoms with Gasteiger partial charge in [-0.15, -0.1) is 0 Å². The van der Waals surface area contributed by atoms with Crippen LogP contribution in [0.3, 0.4) is 0 Å². The van der Waals surface area contributed by atoms with Crippen molar-refractivity contribution in [2.24, 2.45) is 0 Å². The predicted molar refractivity (Wildman–Crippen MR) is 92.8 cm³/mol. The van der Waals surface area contributed by atoms with Crippen LogP contribution in [0.2, 0.25) is 5.02 Å². The third-order valence-electron chi connectivity index (χ3n) is 3.06. The first-order valence-corrected chi connectivity index (χ1v) is 7.75. The molecule has 0 heterocycles. The van der Waals surface area contributed by atoms with Crippen LogP contribution in [0.1, 0.15) is 22.8 Å². The van der Waals surface area contributed by atoms with Crippen LogP contribution in [-0.4, -0.2) is 5.78 Å². The second-order valence-electron chi connectivity index (χ2n) is 4.64. The van der Waals surface area contributed by atoms with Gasteiger partial charge < -0.3 is 0 Å². The summed E-state index contributed by atoms with van der Waals surface area (Å²) in [5, 5.41) is -0.0604. The van der Waals surface area contributed by atoms with Crippen molar-refractivity contribution in [1.82, 2.24) is 0 Å². The monoisotopic (exact) mass is 378 g/mol. The van der Waals surface area contributed by atoms with Crippen LogP contribution in [-0.2, 0) is 0 Å². The van der Waals surface area contributed by atoms with Crippen molar-refractivity contribution in [2.45, 2.75) is 6.92 Å². The fraction of sp³-hybridized carbons (Fsp3) is 0.0556. The highest BCUT2D eigenvalue weighted by Crippen LogP contribution is 2.24. The first-order chi connectivity index (χ1) is 10.5. The van der Waals surface area contributed by atoms with Crippen molar-refractivity contribution in [2.75, 3.05) is 0 Å². The van der Waals surface area contributed by atoms with E-state index >= 15 is 0 Å². The second-order valence-corrected chi connectivity index (χ2v) is 6.24. The van der Waals surface area contributed by atoms with Crippen molar-refractivity contribution in [3.05, 3.63) is 87.1 Å². The Labute approximate surface area is 142 Å². The number of hydrogen-bond acceptors (Lipinski definition) is 1. The van der Waals surface area contributed by atoms with Crippen LogP contribution < -0.4 is 0 Å². The van der Waals surface area contributed by atoms with Gasteiger partial charge in [-0.3, -0.25) is 4.79 Å². The van der Waals surface area contributed by atoms with Crippen molar-refractivity contribution in [3.8, 4) is 0 Å². The highest BCUT2D eigenvalue weighted by Gasteiger charge is 2.07. The lowest BCUT2D eigenvalue weighted by molar-refractivity contribution is 0.104. The standard InChI is InChI=1S/C18H13BrClFO/c1-12(19)15(13-5-3-2-4-6-13)8-10-18(22)14-7-9-17(21)16(20)11-14/h2-11H,1H3/b10-8+,15-12-. The molecule has 2 aromatic carbocycles. The molecule has 1 nitrogen and oxygen atoms in total. The lowest BCUT2D eigenvalue weighted by Gasteiger charge is -2.04. The Hall–Kier alpha value is -1.71.